The van der Waals surface area contributed by atoms with E-state index in [1.807, 2.05) is 0 Å². The molecule has 1 unspecified atom stereocenters. The van der Waals surface area contributed by atoms with Crippen LogP contribution in [-0.4, -0.2) is 31.4 Å². The molecular weight excluding hydrogens is 364 g/mol. The minimum Gasteiger partial charge on any atom is -0.272 e. The van der Waals surface area contributed by atoms with Crippen LogP contribution in [-0.2, 0) is 14.8 Å². The van der Waals surface area contributed by atoms with Gasteiger partial charge in [0, 0.05) is 5.56 Å². The summed E-state index contributed by atoms with van der Waals surface area (Å²) in [6.07, 6.45) is 3.01. The van der Waals surface area contributed by atoms with Crippen molar-refractivity contribution in [2.45, 2.75) is 18.5 Å². The summed E-state index contributed by atoms with van der Waals surface area (Å²) >= 11 is 0. The second kappa shape index (κ2) is 7.46. The molecule has 1 aliphatic heterocycles. The van der Waals surface area contributed by atoms with Gasteiger partial charge in [-0.05, 0) is 23.6 Å². The molecule has 0 saturated heterocycles. The van der Waals surface area contributed by atoms with Crippen LogP contribution in [0.3, 0.4) is 0 Å². The zero-order valence-electron chi connectivity index (χ0n) is 14.8. The van der Waals surface area contributed by atoms with E-state index in [9.17, 15) is 18.0 Å². The van der Waals surface area contributed by atoms with Gasteiger partial charge in [-0.15, -0.1) is 6.58 Å². The van der Waals surface area contributed by atoms with Gasteiger partial charge in [0.15, 0.2) is 0 Å². The fraction of sp³-hybridized carbons (Fsp3) is 0.200. The Morgan fingerprint density at radius 1 is 1.19 bits per heavy atom. The second-order valence-corrected chi connectivity index (χ2v) is 8.15. The number of nitrogens with one attached hydrogen (secondary N) is 1. The molecule has 140 valence electrons. The van der Waals surface area contributed by atoms with Gasteiger partial charge in [-0.3, -0.25) is 14.5 Å². The molecule has 6 nitrogen and oxygen atoms in total. The van der Waals surface area contributed by atoms with E-state index in [0.29, 0.717) is 17.5 Å². The summed E-state index contributed by atoms with van der Waals surface area (Å²) in [6, 6.07) is 13.8. The molecule has 0 spiro atoms. The molecule has 0 radical (unpaired) electrons. The van der Waals surface area contributed by atoms with Crippen LogP contribution >= 0.6 is 0 Å². The Hall–Kier alpha value is -2.77. The first-order valence-electron chi connectivity index (χ1n) is 8.43. The first kappa shape index (κ1) is 19.0. The zero-order valence-corrected chi connectivity index (χ0v) is 15.6. The van der Waals surface area contributed by atoms with Crippen molar-refractivity contribution < 1.29 is 18.0 Å². The van der Waals surface area contributed by atoms with Gasteiger partial charge in [0.05, 0.1) is 12.3 Å². The number of sulfonamides is 1. The van der Waals surface area contributed by atoms with Crippen molar-refractivity contribution in [2.24, 2.45) is 0 Å². The van der Waals surface area contributed by atoms with E-state index < -0.39 is 33.9 Å². The molecule has 0 saturated carbocycles. The Morgan fingerprint density at radius 3 is 2.44 bits per heavy atom. The molecule has 2 aromatic rings. The highest BCUT2D eigenvalue weighted by Gasteiger charge is 2.43. The van der Waals surface area contributed by atoms with Gasteiger partial charge in [-0.1, -0.05) is 54.6 Å². The predicted octanol–water partition coefficient (Wildman–Crippen LogP) is 2.58. The molecule has 2 aromatic carbocycles. The first-order valence-corrected chi connectivity index (χ1v) is 10.3. The van der Waals surface area contributed by atoms with Crippen LogP contribution in [0.25, 0.3) is 0 Å². The third-order valence-corrected chi connectivity index (χ3v) is 5.08. The van der Waals surface area contributed by atoms with Crippen LogP contribution in [0.2, 0.25) is 0 Å². The Kier molecular flexibility index (Phi) is 5.25. The van der Waals surface area contributed by atoms with Crippen LogP contribution in [0.1, 0.15) is 40.0 Å². The van der Waals surface area contributed by atoms with Gasteiger partial charge in [-0.2, -0.15) is 4.72 Å². The Bertz CT molecular complexity index is 986. The third kappa shape index (κ3) is 3.84. The van der Waals surface area contributed by atoms with Gasteiger partial charge >= 0.3 is 0 Å². The summed E-state index contributed by atoms with van der Waals surface area (Å²) in [5.74, 6) is -1.04. The maximum Gasteiger partial charge on any atom is 0.261 e. The van der Waals surface area contributed by atoms with Crippen LogP contribution < -0.4 is 4.72 Å². The molecule has 1 N–H and O–H groups in total. The van der Waals surface area contributed by atoms with Crippen molar-refractivity contribution in [2.75, 3.05) is 6.26 Å². The number of carbonyl (C=O) groups is 2. The standard InChI is InChI=1S/C20H20N2O4S/c1-3-9-17-15-12-7-8-13-16(15)19(23)22(17)20(24)18(21-27(2,25)26)14-10-5-4-6-11-14/h3-8,10-13,17-18,21H,1,9H2,2H3/t17?,18-/m0/s1. The summed E-state index contributed by atoms with van der Waals surface area (Å²) in [4.78, 5) is 27.4. The lowest BCUT2D eigenvalue weighted by molar-refractivity contribution is -0.132. The van der Waals surface area contributed by atoms with E-state index >= 15 is 0 Å². The molecule has 7 heteroatoms. The molecule has 3 rings (SSSR count). The summed E-state index contributed by atoms with van der Waals surface area (Å²) in [5.41, 5.74) is 1.65. The summed E-state index contributed by atoms with van der Waals surface area (Å²) in [7, 11) is -3.69. The molecule has 2 amide bonds. The quantitative estimate of drug-likeness (QED) is 0.776. The predicted molar refractivity (Wildman–Crippen MR) is 102 cm³/mol. The SMILES string of the molecule is C=CCC1c2ccccc2C(=O)N1C(=O)[C@@H](NS(C)(=O)=O)c1ccccc1. The summed E-state index contributed by atoms with van der Waals surface area (Å²) in [5, 5.41) is 0. The third-order valence-electron chi connectivity index (χ3n) is 4.42. The Balaban J connectivity index is 2.05. The number of amides is 2. The van der Waals surface area contributed by atoms with Gasteiger partial charge < -0.3 is 0 Å². The zero-order chi connectivity index (χ0) is 19.6. The van der Waals surface area contributed by atoms with E-state index in [1.165, 1.54) is 0 Å². The van der Waals surface area contributed by atoms with E-state index in [4.69, 9.17) is 0 Å². The monoisotopic (exact) mass is 384 g/mol. The van der Waals surface area contributed by atoms with Crippen LogP contribution in [0.4, 0.5) is 0 Å². The van der Waals surface area contributed by atoms with E-state index in [-0.39, 0.29) is 0 Å². The molecule has 27 heavy (non-hydrogen) atoms. The molecule has 1 aliphatic rings. The highest BCUT2D eigenvalue weighted by atomic mass is 32.2. The number of nitrogens with zero attached hydrogens (tertiary/aromatic N) is 1. The van der Waals surface area contributed by atoms with Crippen molar-refractivity contribution >= 4 is 21.8 Å². The van der Waals surface area contributed by atoms with E-state index in [2.05, 4.69) is 11.3 Å². The van der Waals surface area contributed by atoms with Crippen molar-refractivity contribution in [3.8, 4) is 0 Å². The minimum absolute atomic E-state index is 0.384. The molecule has 0 fully saturated rings. The minimum atomic E-state index is -3.69. The lowest BCUT2D eigenvalue weighted by Crippen LogP contribution is -2.44. The lowest BCUT2D eigenvalue weighted by Gasteiger charge is -2.27. The molecular formula is C20H20N2O4S. The van der Waals surface area contributed by atoms with E-state index in [1.54, 1.807) is 60.7 Å². The number of hydrogen-bond donors (Lipinski definition) is 1. The fourth-order valence-corrected chi connectivity index (χ4v) is 3.96. The number of benzene rings is 2. The second-order valence-electron chi connectivity index (χ2n) is 6.37. The van der Waals surface area contributed by atoms with Gasteiger partial charge in [0.1, 0.15) is 6.04 Å². The van der Waals surface area contributed by atoms with Crippen LogP contribution in [0.5, 0.6) is 0 Å². The first-order chi connectivity index (χ1) is 12.8. The largest absolute Gasteiger partial charge is 0.272 e. The number of carbonyl (C=O) groups excluding carboxylic acids is 2. The van der Waals surface area contributed by atoms with Gasteiger partial charge in [0.2, 0.25) is 10.0 Å². The van der Waals surface area contributed by atoms with Crippen LogP contribution in [0.15, 0.2) is 67.3 Å². The average molecular weight is 384 g/mol. The smallest absolute Gasteiger partial charge is 0.261 e. The van der Waals surface area contributed by atoms with Gasteiger partial charge in [-0.25, -0.2) is 8.42 Å². The van der Waals surface area contributed by atoms with Crippen molar-refractivity contribution in [3.05, 3.63) is 83.9 Å². The lowest BCUT2D eigenvalue weighted by atomic mass is 10.0. The molecule has 1 heterocycles. The van der Waals surface area contributed by atoms with E-state index in [0.717, 1.165) is 16.7 Å². The fourth-order valence-electron chi connectivity index (χ4n) is 3.30. The number of rotatable bonds is 6. The Morgan fingerprint density at radius 2 is 1.81 bits per heavy atom. The topological polar surface area (TPSA) is 83.6 Å². The average Bonchev–Trinajstić information content (AvgIpc) is 2.92. The summed E-state index contributed by atoms with van der Waals surface area (Å²) in [6.45, 7) is 3.72. The Labute approximate surface area is 158 Å². The maximum atomic E-state index is 13.3. The van der Waals surface area contributed by atoms with Gasteiger partial charge in [0.25, 0.3) is 11.8 Å². The molecule has 0 bridgehead atoms. The molecule has 0 aliphatic carbocycles. The number of hydrogen-bond acceptors (Lipinski definition) is 4. The van der Waals surface area contributed by atoms with Crippen molar-refractivity contribution in [1.29, 1.82) is 0 Å². The molecule has 2 atom stereocenters. The van der Waals surface area contributed by atoms with Crippen LogP contribution in [0, 0.1) is 0 Å². The van der Waals surface area contributed by atoms with Crippen molar-refractivity contribution in [3.63, 3.8) is 0 Å². The highest BCUT2D eigenvalue weighted by molar-refractivity contribution is 7.88. The summed E-state index contributed by atoms with van der Waals surface area (Å²) < 4.78 is 26.1. The molecule has 0 aromatic heterocycles. The van der Waals surface area contributed by atoms with Crippen molar-refractivity contribution in [1.82, 2.24) is 9.62 Å². The maximum absolute atomic E-state index is 13.3. The normalized spacial score (nSPS) is 17.4. The number of fused-ring (bicyclic) bond motifs is 1. The highest BCUT2D eigenvalue weighted by Crippen LogP contribution is 2.37. The number of imide groups is 1.